The highest BCUT2D eigenvalue weighted by atomic mass is 16.5. The van der Waals surface area contributed by atoms with Gasteiger partial charge < -0.3 is 4.74 Å². The second-order valence-corrected chi connectivity index (χ2v) is 5.58. The summed E-state index contributed by atoms with van der Waals surface area (Å²) in [7, 11) is 1.71. The van der Waals surface area contributed by atoms with Crippen LogP contribution < -0.4 is 4.74 Å². The number of benzene rings is 1. The van der Waals surface area contributed by atoms with E-state index in [1.54, 1.807) is 7.11 Å². The molecule has 1 aliphatic heterocycles. The summed E-state index contributed by atoms with van der Waals surface area (Å²) in [6.07, 6.45) is 1.74. The van der Waals surface area contributed by atoms with Crippen LogP contribution in [0.3, 0.4) is 0 Å². The molecular formula is C16H23NO2. The van der Waals surface area contributed by atoms with Crippen LogP contribution in [0.5, 0.6) is 5.75 Å². The van der Waals surface area contributed by atoms with Crippen LogP contribution in [0, 0.1) is 0 Å². The Morgan fingerprint density at radius 2 is 2.16 bits per heavy atom. The van der Waals surface area contributed by atoms with Crippen molar-refractivity contribution in [2.24, 2.45) is 0 Å². The van der Waals surface area contributed by atoms with Crippen molar-refractivity contribution < 1.29 is 9.53 Å². The molecular weight excluding hydrogens is 238 g/mol. The Bertz CT molecular complexity index is 454. The maximum Gasteiger partial charge on any atom is 0.146 e. The van der Waals surface area contributed by atoms with E-state index in [1.165, 1.54) is 11.1 Å². The molecule has 0 aliphatic carbocycles. The number of carbonyl (C=O) groups is 1. The molecule has 1 aromatic rings. The van der Waals surface area contributed by atoms with Gasteiger partial charge in [0.1, 0.15) is 11.5 Å². The molecule has 3 nitrogen and oxygen atoms in total. The first-order valence-electron chi connectivity index (χ1n) is 7.01. The van der Waals surface area contributed by atoms with Crippen LogP contribution in [0.1, 0.15) is 43.7 Å². The lowest BCUT2D eigenvalue weighted by Gasteiger charge is -2.26. The summed E-state index contributed by atoms with van der Waals surface area (Å²) >= 11 is 0. The topological polar surface area (TPSA) is 29.5 Å². The van der Waals surface area contributed by atoms with Gasteiger partial charge in [-0.3, -0.25) is 9.69 Å². The summed E-state index contributed by atoms with van der Waals surface area (Å²) in [6.45, 7) is 6.82. The van der Waals surface area contributed by atoms with Gasteiger partial charge in [0.2, 0.25) is 0 Å². The van der Waals surface area contributed by atoms with Crippen LogP contribution in [-0.4, -0.2) is 30.9 Å². The predicted molar refractivity (Wildman–Crippen MR) is 76.6 cm³/mol. The van der Waals surface area contributed by atoms with Gasteiger partial charge >= 0.3 is 0 Å². The third kappa shape index (κ3) is 3.57. The highest BCUT2D eigenvalue weighted by molar-refractivity contribution is 5.81. The lowest BCUT2D eigenvalue weighted by atomic mass is 9.99. The minimum absolute atomic E-state index is 0.365. The average Bonchev–Trinajstić information content (AvgIpc) is 2.38. The Morgan fingerprint density at radius 3 is 2.79 bits per heavy atom. The number of ketones is 1. The van der Waals surface area contributed by atoms with Gasteiger partial charge in [0.15, 0.2) is 0 Å². The summed E-state index contributed by atoms with van der Waals surface area (Å²) in [4.78, 5) is 13.7. The largest absolute Gasteiger partial charge is 0.496 e. The van der Waals surface area contributed by atoms with Gasteiger partial charge in [-0.2, -0.15) is 0 Å². The zero-order valence-corrected chi connectivity index (χ0v) is 12.1. The molecule has 0 spiro atoms. The predicted octanol–water partition coefficient (Wildman–Crippen LogP) is 2.98. The molecule has 1 heterocycles. The number of piperidine rings is 1. The van der Waals surface area contributed by atoms with Crippen molar-refractivity contribution in [2.45, 2.75) is 39.2 Å². The standard InChI is InChI=1S/C16H23NO2/c1-12(2)15-9-13(6-7-16(15)19-3)10-17-8-4-5-14(18)11-17/h6-7,9,12H,4-5,8,10-11H2,1-3H3. The SMILES string of the molecule is COc1ccc(CN2CCCC(=O)C2)cc1C(C)C. The van der Waals surface area contributed by atoms with E-state index in [0.29, 0.717) is 18.2 Å². The molecule has 1 fully saturated rings. The number of Topliss-reactive ketones (excluding diaryl/α,β-unsaturated/α-hetero) is 1. The van der Waals surface area contributed by atoms with E-state index < -0.39 is 0 Å². The Labute approximate surface area is 115 Å². The first-order chi connectivity index (χ1) is 9.10. The highest BCUT2D eigenvalue weighted by Gasteiger charge is 2.17. The first kappa shape index (κ1) is 14.1. The minimum atomic E-state index is 0.365. The van der Waals surface area contributed by atoms with Crippen LogP contribution in [0.4, 0.5) is 0 Å². The smallest absolute Gasteiger partial charge is 0.146 e. The van der Waals surface area contributed by atoms with Crippen molar-refractivity contribution in [1.29, 1.82) is 0 Å². The summed E-state index contributed by atoms with van der Waals surface area (Å²) in [5.74, 6) is 1.76. The number of hydrogen-bond donors (Lipinski definition) is 0. The van der Waals surface area contributed by atoms with Gasteiger partial charge in [-0.25, -0.2) is 0 Å². The number of rotatable bonds is 4. The summed E-state index contributed by atoms with van der Waals surface area (Å²) in [6, 6.07) is 6.35. The van der Waals surface area contributed by atoms with Crippen molar-refractivity contribution in [3.05, 3.63) is 29.3 Å². The molecule has 0 bridgehead atoms. The molecule has 1 aromatic carbocycles. The molecule has 0 saturated carbocycles. The third-order valence-corrected chi connectivity index (χ3v) is 3.65. The Balaban J connectivity index is 2.12. The van der Waals surface area contributed by atoms with Gasteiger partial charge in [0.25, 0.3) is 0 Å². The normalized spacial score (nSPS) is 16.9. The summed E-state index contributed by atoms with van der Waals surface area (Å²) < 4.78 is 5.40. The second kappa shape index (κ2) is 6.20. The zero-order valence-electron chi connectivity index (χ0n) is 12.1. The van der Waals surface area contributed by atoms with Crippen LogP contribution in [0.15, 0.2) is 18.2 Å². The van der Waals surface area contributed by atoms with Gasteiger partial charge in [-0.1, -0.05) is 26.0 Å². The average molecular weight is 261 g/mol. The van der Waals surface area contributed by atoms with Crippen molar-refractivity contribution in [1.82, 2.24) is 4.90 Å². The Hall–Kier alpha value is -1.35. The molecule has 104 valence electrons. The van der Waals surface area contributed by atoms with E-state index in [1.807, 2.05) is 6.07 Å². The lowest BCUT2D eigenvalue weighted by molar-refractivity contribution is -0.122. The first-order valence-corrected chi connectivity index (χ1v) is 7.01. The Morgan fingerprint density at radius 1 is 1.37 bits per heavy atom. The molecule has 0 amide bonds. The van der Waals surface area contributed by atoms with Crippen molar-refractivity contribution in [2.75, 3.05) is 20.2 Å². The molecule has 0 atom stereocenters. The third-order valence-electron chi connectivity index (χ3n) is 3.65. The molecule has 0 N–H and O–H groups in total. The summed E-state index contributed by atoms with van der Waals surface area (Å²) in [5.41, 5.74) is 2.50. The number of carbonyl (C=O) groups excluding carboxylic acids is 1. The number of ether oxygens (including phenoxy) is 1. The van der Waals surface area contributed by atoms with Gasteiger partial charge in [0.05, 0.1) is 13.7 Å². The minimum Gasteiger partial charge on any atom is -0.496 e. The number of nitrogens with zero attached hydrogens (tertiary/aromatic N) is 1. The molecule has 0 unspecified atom stereocenters. The number of hydrogen-bond acceptors (Lipinski definition) is 3. The quantitative estimate of drug-likeness (QED) is 0.834. The number of methoxy groups -OCH3 is 1. The Kier molecular flexibility index (Phi) is 4.59. The van der Waals surface area contributed by atoms with Crippen LogP contribution in [0.2, 0.25) is 0 Å². The maximum absolute atomic E-state index is 11.5. The van der Waals surface area contributed by atoms with Gasteiger partial charge in [-0.15, -0.1) is 0 Å². The highest BCUT2D eigenvalue weighted by Crippen LogP contribution is 2.27. The number of likely N-dealkylation sites (tertiary alicyclic amines) is 1. The molecule has 3 heteroatoms. The van der Waals surface area contributed by atoms with Crippen LogP contribution >= 0.6 is 0 Å². The fraction of sp³-hybridized carbons (Fsp3) is 0.562. The van der Waals surface area contributed by atoms with E-state index in [9.17, 15) is 4.79 Å². The van der Waals surface area contributed by atoms with Crippen molar-refractivity contribution in [3.8, 4) is 5.75 Å². The molecule has 1 saturated heterocycles. The van der Waals surface area contributed by atoms with E-state index in [2.05, 4.69) is 30.9 Å². The monoisotopic (exact) mass is 261 g/mol. The van der Waals surface area contributed by atoms with Gasteiger partial charge in [0, 0.05) is 13.0 Å². The molecule has 0 radical (unpaired) electrons. The van der Waals surface area contributed by atoms with Crippen LogP contribution in [0.25, 0.3) is 0 Å². The molecule has 19 heavy (non-hydrogen) atoms. The van der Waals surface area contributed by atoms with Crippen molar-refractivity contribution in [3.63, 3.8) is 0 Å². The molecule has 0 aromatic heterocycles. The lowest BCUT2D eigenvalue weighted by Crippen LogP contribution is -2.34. The van der Waals surface area contributed by atoms with Crippen molar-refractivity contribution >= 4 is 5.78 Å². The maximum atomic E-state index is 11.5. The molecule has 2 rings (SSSR count). The fourth-order valence-corrected chi connectivity index (χ4v) is 2.63. The molecule has 1 aliphatic rings. The van der Waals surface area contributed by atoms with Gasteiger partial charge in [-0.05, 0) is 36.1 Å². The summed E-state index contributed by atoms with van der Waals surface area (Å²) in [5, 5.41) is 0. The fourth-order valence-electron chi connectivity index (χ4n) is 2.63. The van der Waals surface area contributed by atoms with E-state index >= 15 is 0 Å². The van der Waals surface area contributed by atoms with Crippen LogP contribution in [-0.2, 0) is 11.3 Å². The second-order valence-electron chi connectivity index (χ2n) is 5.58. The van der Waals surface area contributed by atoms with E-state index in [-0.39, 0.29) is 0 Å². The van der Waals surface area contributed by atoms with E-state index in [0.717, 1.165) is 31.7 Å². The van der Waals surface area contributed by atoms with E-state index in [4.69, 9.17) is 4.74 Å². The zero-order chi connectivity index (χ0) is 13.8.